The lowest BCUT2D eigenvalue weighted by molar-refractivity contribution is 0.105. The van der Waals surface area contributed by atoms with Gasteiger partial charge in [0.25, 0.3) is 0 Å². The monoisotopic (exact) mass is 164 g/mol. The van der Waals surface area contributed by atoms with Crippen LogP contribution >= 0.6 is 11.3 Å². The maximum absolute atomic E-state index is 11.0. The lowest BCUT2D eigenvalue weighted by Crippen LogP contribution is -1.94. The Hall–Kier alpha value is -1.07. The van der Waals surface area contributed by atoms with Gasteiger partial charge >= 0.3 is 0 Å². The maximum atomic E-state index is 11.0. The van der Waals surface area contributed by atoms with Crippen LogP contribution in [0.2, 0.25) is 0 Å². The second-order valence-electron chi connectivity index (χ2n) is 2.10. The van der Waals surface area contributed by atoms with E-state index in [1.807, 2.05) is 18.4 Å². The Morgan fingerprint density at radius 3 is 3.09 bits per heavy atom. The van der Waals surface area contributed by atoms with Crippen LogP contribution in [0.1, 0.15) is 22.2 Å². The summed E-state index contributed by atoms with van der Waals surface area (Å²) in [6.45, 7) is 2.01. The molecule has 0 fully saturated rings. The number of ketones is 1. The summed E-state index contributed by atoms with van der Waals surface area (Å²) in [7, 11) is 0. The van der Waals surface area contributed by atoms with Crippen molar-refractivity contribution in [1.82, 2.24) is 0 Å². The van der Waals surface area contributed by atoms with Gasteiger partial charge in [0.15, 0.2) is 0 Å². The van der Waals surface area contributed by atoms with E-state index in [1.54, 1.807) is 0 Å². The number of rotatable bonds is 2. The molecule has 11 heavy (non-hydrogen) atoms. The molecule has 0 amide bonds. The Balaban J connectivity index is 3.04. The molecule has 0 N–H and O–H groups in total. The average molecular weight is 164 g/mol. The van der Waals surface area contributed by atoms with Crippen LogP contribution in [0.25, 0.3) is 0 Å². The van der Waals surface area contributed by atoms with Gasteiger partial charge in [0.1, 0.15) is 0 Å². The van der Waals surface area contributed by atoms with Gasteiger partial charge in [-0.25, -0.2) is 0 Å². The quantitative estimate of drug-likeness (QED) is 0.372. The molecule has 0 unspecified atom stereocenters. The fourth-order valence-corrected chi connectivity index (χ4v) is 1.78. The molecular formula is C9H8OS. The Morgan fingerprint density at radius 1 is 1.82 bits per heavy atom. The van der Waals surface area contributed by atoms with E-state index in [-0.39, 0.29) is 5.78 Å². The number of Topliss-reactive ketones (excluding diaryl/α,β-unsaturated/α-hetero) is 1. The zero-order chi connectivity index (χ0) is 8.27. The minimum absolute atomic E-state index is 0.197. The molecule has 0 saturated heterocycles. The predicted molar refractivity (Wildman–Crippen MR) is 46.9 cm³/mol. The third-order valence-electron chi connectivity index (χ3n) is 1.46. The van der Waals surface area contributed by atoms with E-state index in [9.17, 15) is 4.79 Å². The first-order chi connectivity index (χ1) is 5.29. The molecule has 0 aromatic carbocycles. The van der Waals surface area contributed by atoms with Crippen molar-refractivity contribution in [2.24, 2.45) is 0 Å². The van der Waals surface area contributed by atoms with Crippen molar-refractivity contribution in [3.05, 3.63) is 21.9 Å². The fraction of sp³-hybridized carbons (Fsp3) is 0.222. The molecule has 2 heteroatoms. The van der Waals surface area contributed by atoms with Crippen LogP contribution < -0.4 is 0 Å². The van der Waals surface area contributed by atoms with Crippen molar-refractivity contribution in [1.29, 1.82) is 0 Å². The minimum Gasteiger partial charge on any atom is -0.278 e. The number of aryl methyl sites for hydroxylation is 1. The summed E-state index contributed by atoms with van der Waals surface area (Å²) in [5, 5.41) is 1.89. The van der Waals surface area contributed by atoms with Gasteiger partial charge in [0.05, 0.1) is 4.88 Å². The van der Waals surface area contributed by atoms with Crippen LogP contribution in [0.5, 0.6) is 0 Å². The normalized spacial score (nSPS) is 9.09. The second kappa shape index (κ2) is 3.36. The van der Waals surface area contributed by atoms with Crippen molar-refractivity contribution >= 4 is 17.1 Å². The van der Waals surface area contributed by atoms with Gasteiger partial charge in [0, 0.05) is 0 Å². The number of carbonyl (C=O) groups is 1. The third-order valence-corrected chi connectivity index (χ3v) is 2.42. The van der Waals surface area contributed by atoms with Gasteiger partial charge in [-0.05, 0) is 29.4 Å². The highest BCUT2D eigenvalue weighted by Gasteiger charge is 2.08. The van der Waals surface area contributed by atoms with Gasteiger partial charge in [0.2, 0.25) is 5.78 Å². The van der Waals surface area contributed by atoms with Crippen molar-refractivity contribution in [2.45, 2.75) is 13.3 Å². The first-order valence-corrected chi connectivity index (χ1v) is 4.24. The van der Waals surface area contributed by atoms with Crippen LogP contribution in [0.15, 0.2) is 11.4 Å². The first kappa shape index (κ1) is 8.03. The molecule has 1 rings (SSSR count). The molecular weight excluding hydrogens is 156 g/mol. The highest BCUT2D eigenvalue weighted by molar-refractivity contribution is 7.12. The summed E-state index contributed by atoms with van der Waals surface area (Å²) >= 11 is 1.41. The Bertz CT molecular complexity index is 304. The molecule has 0 atom stereocenters. The first-order valence-electron chi connectivity index (χ1n) is 3.37. The largest absolute Gasteiger partial charge is 0.278 e. The van der Waals surface area contributed by atoms with Crippen molar-refractivity contribution in [2.75, 3.05) is 0 Å². The van der Waals surface area contributed by atoms with Crippen molar-refractivity contribution in [3.63, 3.8) is 0 Å². The SMILES string of the molecule is C#CC(=O)c1sccc1CC. The van der Waals surface area contributed by atoms with Gasteiger partial charge < -0.3 is 0 Å². The lowest BCUT2D eigenvalue weighted by Gasteiger charge is -1.92. The summed E-state index contributed by atoms with van der Waals surface area (Å²) in [5.41, 5.74) is 1.05. The third kappa shape index (κ3) is 1.50. The average Bonchev–Trinajstić information content (AvgIpc) is 2.50. The number of hydrogen-bond acceptors (Lipinski definition) is 2. The lowest BCUT2D eigenvalue weighted by atomic mass is 10.1. The zero-order valence-corrected chi connectivity index (χ0v) is 7.07. The molecule has 0 aliphatic heterocycles. The van der Waals surface area contributed by atoms with E-state index in [2.05, 4.69) is 5.92 Å². The standard InChI is InChI=1S/C9H8OS/c1-3-7-5-6-11-9(7)8(10)4-2/h2,5-6H,3H2,1H3. The van der Waals surface area contributed by atoms with Crippen LogP contribution in [0.4, 0.5) is 0 Å². The highest BCUT2D eigenvalue weighted by atomic mass is 32.1. The minimum atomic E-state index is -0.197. The maximum Gasteiger partial charge on any atom is 0.245 e. The Labute approximate surface area is 70.1 Å². The molecule has 1 heterocycles. The van der Waals surface area contributed by atoms with E-state index >= 15 is 0 Å². The van der Waals surface area contributed by atoms with E-state index in [0.717, 1.165) is 16.9 Å². The van der Waals surface area contributed by atoms with Crippen LogP contribution in [0.3, 0.4) is 0 Å². The number of hydrogen-bond donors (Lipinski definition) is 0. The highest BCUT2D eigenvalue weighted by Crippen LogP contribution is 2.17. The molecule has 0 aliphatic carbocycles. The summed E-state index contributed by atoms with van der Waals surface area (Å²) < 4.78 is 0. The molecule has 1 aromatic heterocycles. The Kier molecular flexibility index (Phi) is 2.45. The Morgan fingerprint density at radius 2 is 2.55 bits per heavy atom. The molecule has 0 bridgehead atoms. The molecule has 1 nitrogen and oxygen atoms in total. The van der Waals surface area contributed by atoms with Gasteiger partial charge in [-0.3, -0.25) is 4.79 Å². The second-order valence-corrected chi connectivity index (χ2v) is 3.02. The molecule has 0 radical (unpaired) electrons. The summed E-state index contributed by atoms with van der Waals surface area (Å²) in [5.74, 6) is 1.92. The van der Waals surface area contributed by atoms with Crippen molar-refractivity contribution < 1.29 is 4.79 Å². The van der Waals surface area contributed by atoms with E-state index in [0.29, 0.717) is 0 Å². The summed E-state index contributed by atoms with van der Waals surface area (Å²) in [6, 6.07) is 1.94. The number of terminal acetylenes is 1. The van der Waals surface area contributed by atoms with Crippen molar-refractivity contribution in [3.8, 4) is 12.3 Å². The van der Waals surface area contributed by atoms with Gasteiger partial charge in [-0.1, -0.05) is 6.92 Å². The van der Waals surface area contributed by atoms with Crippen LogP contribution in [-0.4, -0.2) is 5.78 Å². The zero-order valence-electron chi connectivity index (χ0n) is 6.26. The summed E-state index contributed by atoms with van der Waals surface area (Å²) in [6.07, 6.45) is 5.86. The summed E-state index contributed by atoms with van der Waals surface area (Å²) in [4.78, 5) is 11.7. The number of carbonyl (C=O) groups excluding carboxylic acids is 1. The van der Waals surface area contributed by atoms with Gasteiger partial charge in [-0.15, -0.1) is 17.8 Å². The predicted octanol–water partition coefficient (Wildman–Crippen LogP) is 2.13. The smallest absolute Gasteiger partial charge is 0.245 e. The number of thiophene rings is 1. The molecule has 1 aromatic rings. The van der Waals surface area contributed by atoms with Gasteiger partial charge in [-0.2, -0.15) is 0 Å². The molecule has 0 spiro atoms. The van der Waals surface area contributed by atoms with E-state index in [4.69, 9.17) is 6.42 Å². The van der Waals surface area contributed by atoms with Crippen LogP contribution in [-0.2, 0) is 6.42 Å². The van der Waals surface area contributed by atoms with E-state index in [1.165, 1.54) is 11.3 Å². The van der Waals surface area contributed by atoms with E-state index < -0.39 is 0 Å². The topological polar surface area (TPSA) is 17.1 Å². The fourth-order valence-electron chi connectivity index (χ4n) is 0.879. The molecule has 56 valence electrons. The van der Waals surface area contributed by atoms with Crippen LogP contribution in [0, 0.1) is 12.3 Å². The molecule has 0 saturated carbocycles. The molecule has 0 aliphatic rings.